The molecule has 4 rings (SSSR count). The zero-order chi connectivity index (χ0) is 17.4. The topological polar surface area (TPSA) is 23.6 Å². The predicted octanol–water partition coefficient (Wildman–Crippen LogP) is 3.48. The lowest BCUT2D eigenvalue weighted by molar-refractivity contribution is -0.130. The summed E-state index contributed by atoms with van der Waals surface area (Å²) in [4.78, 5) is 16.5. The molecule has 130 valence electrons. The van der Waals surface area contributed by atoms with Gasteiger partial charge in [0.2, 0.25) is 5.91 Å². The molecule has 0 spiro atoms. The fourth-order valence-corrected chi connectivity index (χ4v) is 4.54. The van der Waals surface area contributed by atoms with E-state index >= 15 is 0 Å². The van der Waals surface area contributed by atoms with Crippen molar-refractivity contribution in [3.05, 3.63) is 71.5 Å². The van der Waals surface area contributed by atoms with Crippen LogP contribution in [0.5, 0.6) is 0 Å². The van der Waals surface area contributed by atoms with Crippen molar-refractivity contribution in [3.63, 3.8) is 0 Å². The number of hydrogen-bond donors (Lipinski definition) is 0. The zero-order valence-electron chi connectivity index (χ0n) is 14.4. The minimum Gasteiger partial charge on any atom is -0.335 e. The molecular weight excluding hydrogens is 315 g/mol. The summed E-state index contributed by atoms with van der Waals surface area (Å²) in [7, 11) is 0. The third kappa shape index (κ3) is 3.07. The van der Waals surface area contributed by atoms with Crippen LogP contribution < -0.4 is 0 Å². The predicted molar refractivity (Wildman–Crippen MR) is 95.2 cm³/mol. The Morgan fingerprint density at radius 2 is 1.76 bits per heavy atom. The van der Waals surface area contributed by atoms with E-state index < -0.39 is 0 Å². The highest BCUT2D eigenvalue weighted by Gasteiger charge is 2.48. The van der Waals surface area contributed by atoms with Crippen LogP contribution in [-0.4, -0.2) is 35.3 Å². The molecule has 0 saturated carbocycles. The third-order valence-corrected chi connectivity index (χ3v) is 5.64. The van der Waals surface area contributed by atoms with Crippen LogP contribution in [0.1, 0.15) is 24.1 Å². The third-order valence-electron chi connectivity index (χ3n) is 5.64. The first-order chi connectivity index (χ1) is 12.1. The van der Waals surface area contributed by atoms with E-state index in [0.717, 1.165) is 25.2 Å². The molecule has 0 aliphatic carbocycles. The Balaban J connectivity index is 1.55. The largest absolute Gasteiger partial charge is 0.335 e. The van der Waals surface area contributed by atoms with Gasteiger partial charge in [-0.15, -0.1) is 0 Å². The highest BCUT2D eigenvalue weighted by Crippen LogP contribution is 2.45. The molecule has 2 aliphatic heterocycles. The number of likely N-dealkylation sites (tertiary alicyclic amines) is 2. The lowest BCUT2D eigenvalue weighted by atomic mass is 9.89. The van der Waals surface area contributed by atoms with Crippen molar-refractivity contribution in [2.45, 2.75) is 19.5 Å². The smallest absolute Gasteiger partial charge is 0.219 e. The van der Waals surface area contributed by atoms with Gasteiger partial charge in [-0.1, -0.05) is 48.5 Å². The van der Waals surface area contributed by atoms with Crippen molar-refractivity contribution in [3.8, 4) is 0 Å². The average Bonchev–Trinajstić information content (AvgIpc) is 3.15. The Hall–Kier alpha value is -2.20. The number of hydrogen-bond acceptors (Lipinski definition) is 2. The van der Waals surface area contributed by atoms with Crippen LogP contribution in [0, 0.1) is 17.7 Å². The van der Waals surface area contributed by atoms with Crippen molar-refractivity contribution < 1.29 is 9.18 Å². The van der Waals surface area contributed by atoms with Crippen LogP contribution in [0.25, 0.3) is 0 Å². The molecule has 1 amide bonds. The summed E-state index contributed by atoms with van der Waals surface area (Å²) >= 11 is 0. The number of nitrogens with zero attached hydrogens (tertiary/aromatic N) is 2. The molecule has 2 aromatic rings. The highest BCUT2D eigenvalue weighted by atomic mass is 19.1. The summed E-state index contributed by atoms with van der Waals surface area (Å²) in [6.07, 6.45) is 0. The van der Waals surface area contributed by atoms with E-state index in [9.17, 15) is 9.18 Å². The first kappa shape index (κ1) is 16.3. The first-order valence-corrected chi connectivity index (χ1v) is 8.91. The SMILES string of the molecule is CC(=O)N1C[C@H]2CN(Cc3ccccc3F)C[C@H]2[C@H]1c1ccccc1. The van der Waals surface area contributed by atoms with Crippen LogP contribution in [0.15, 0.2) is 54.6 Å². The van der Waals surface area contributed by atoms with Crippen LogP contribution in [0.4, 0.5) is 4.39 Å². The number of halogens is 1. The summed E-state index contributed by atoms with van der Waals surface area (Å²) in [5, 5.41) is 0. The standard InChI is InChI=1S/C21H23FN2O/c1-15(25)24-13-18-12-23(11-17-9-5-6-10-20(17)22)14-19(18)21(24)16-7-3-2-4-8-16/h2-10,18-19,21H,11-14H2,1H3/t18-,19-,21-/m1/s1. The van der Waals surface area contributed by atoms with E-state index in [0.29, 0.717) is 18.4 Å². The molecule has 0 unspecified atom stereocenters. The lowest BCUT2D eigenvalue weighted by Crippen LogP contribution is -2.34. The molecule has 2 aliphatic rings. The number of carbonyl (C=O) groups is 1. The van der Waals surface area contributed by atoms with E-state index in [1.165, 1.54) is 11.6 Å². The van der Waals surface area contributed by atoms with Gasteiger partial charge in [0.15, 0.2) is 0 Å². The van der Waals surface area contributed by atoms with Crippen molar-refractivity contribution in [1.29, 1.82) is 0 Å². The molecule has 25 heavy (non-hydrogen) atoms. The Bertz CT molecular complexity index is 764. The second kappa shape index (κ2) is 6.60. The van der Waals surface area contributed by atoms with Gasteiger partial charge >= 0.3 is 0 Å². The zero-order valence-corrected chi connectivity index (χ0v) is 14.4. The van der Waals surface area contributed by atoms with Gasteiger partial charge in [0, 0.05) is 44.6 Å². The molecule has 2 saturated heterocycles. The van der Waals surface area contributed by atoms with E-state index in [1.807, 2.05) is 35.2 Å². The Labute approximate surface area is 148 Å². The van der Waals surface area contributed by atoms with E-state index in [1.54, 1.807) is 13.0 Å². The van der Waals surface area contributed by atoms with Gasteiger partial charge in [0.25, 0.3) is 0 Å². The number of rotatable bonds is 3. The Morgan fingerprint density at radius 3 is 2.48 bits per heavy atom. The second-order valence-corrected chi connectivity index (χ2v) is 7.24. The molecule has 2 heterocycles. The molecule has 4 heteroatoms. The monoisotopic (exact) mass is 338 g/mol. The molecule has 0 aromatic heterocycles. The normalized spacial score (nSPS) is 26.0. The van der Waals surface area contributed by atoms with E-state index in [2.05, 4.69) is 17.0 Å². The summed E-state index contributed by atoms with van der Waals surface area (Å²) in [5.74, 6) is 0.882. The van der Waals surface area contributed by atoms with Crippen molar-refractivity contribution in [2.75, 3.05) is 19.6 Å². The highest BCUT2D eigenvalue weighted by molar-refractivity contribution is 5.74. The summed E-state index contributed by atoms with van der Waals surface area (Å²) < 4.78 is 14.0. The van der Waals surface area contributed by atoms with Crippen molar-refractivity contribution in [2.24, 2.45) is 11.8 Å². The first-order valence-electron chi connectivity index (χ1n) is 8.91. The van der Waals surface area contributed by atoms with Crippen molar-refractivity contribution >= 4 is 5.91 Å². The van der Waals surface area contributed by atoms with Crippen LogP contribution in [-0.2, 0) is 11.3 Å². The van der Waals surface area contributed by atoms with Crippen LogP contribution >= 0.6 is 0 Å². The quantitative estimate of drug-likeness (QED) is 0.855. The average molecular weight is 338 g/mol. The second-order valence-electron chi connectivity index (χ2n) is 7.24. The molecular formula is C21H23FN2O. The maximum atomic E-state index is 14.0. The summed E-state index contributed by atoms with van der Waals surface area (Å²) in [6, 6.07) is 17.4. The van der Waals surface area contributed by atoms with Gasteiger partial charge in [-0.25, -0.2) is 4.39 Å². The summed E-state index contributed by atoms with van der Waals surface area (Å²) in [6.45, 7) is 4.93. The van der Waals surface area contributed by atoms with Gasteiger partial charge in [-0.3, -0.25) is 9.69 Å². The fraction of sp³-hybridized carbons (Fsp3) is 0.381. The summed E-state index contributed by atoms with van der Waals surface area (Å²) in [5.41, 5.74) is 1.96. The Kier molecular flexibility index (Phi) is 4.30. The molecule has 0 bridgehead atoms. The number of benzene rings is 2. The van der Waals surface area contributed by atoms with Gasteiger partial charge in [0.1, 0.15) is 5.82 Å². The van der Waals surface area contributed by atoms with E-state index in [4.69, 9.17) is 0 Å². The maximum Gasteiger partial charge on any atom is 0.219 e. The molecule has 0 radical (unpaired) electrons. The molecule has 3 nitrogen and oxygen atoms in total. The van der Waals surface area contributed by atoms with Crippen molar-refractivity contribution in [1.82, 2.24) is 9.80 Å². The minimum absolute atomic E-state index is 0.134. The van der Waals surface area contributed by atoms with Gasteiger partial charge in [-0.05, 0) is 17.5 Å². The molecule has 3 atom stereocenters. The van der Waals surface area contributed by atoms with Gasteiger partial charge in [0.05, 0.1) is 6.04 Å². The number of fused-ring (bicyclic) bond motifs is 1. The van der Waals surface area contributed by atoms with Crippen LogP contribution in [0.3, 0.4) is 0 Å². The van der Waals surface area contributed by atoms with Crippen LogP contribution in [0.2, 0.25) is 0 Å². The number of carbonyl (C=O) groups excluding carboxylic acids is 1. The lowest BCUT2D eigenvalue weighted by Gasteiger charge is -2.29. The fourth-order valence-electron chi connectivity index (χ4n) is 4.54. The molecule has 0 N–H and O–H groups in total. The molecule has 2 fully saturated rings. The van der Waals surface area contributed by atoms with E-state index in [-0.39, 0.29) is 17.8 Å². The molecule has 2 aromatic carbocycles. The Morgan fingerprint density at radius 1 is 1.04 bits per heavy atom. The van der Waals surface area contributed by atoms with Gasteiger partial charge in [-0.2, -0.15) is 0 Å². The maximum absolute atomic E-state index is 14.0. The minimum atomic E-state index is -0.135. The number of amides is 1. The van der Waals surface area contributed by atoms with Gasteiger partial charge < -0.3 is 4.90 Å².